The van der Waals surface area contributed by atoms with Crippen molar-refractivity contribution in [1.29, 1.82) is 0 Å². The van der Waals surface area contributed by atoms with Crippen LogP contribution in [-0.4, -0.2) is 16.2 Å². The van der Waals surface area contributed by atoms with Gasteiger partial charge in [-0.2, -0.15) is 0 Å². The van der Waals surface area contributed by atoms with Gasteiger partial charge in [0.2, 0.25) is 5.69 Å². The van der Waals surface area contributed by atoms with Gasteiger partial charge in [-0.05, 0) is 33.1 Å². The summed E-state index contributed by atoms with van der Waals surface area (Å²) in [5, 5.41) is 13.2. The van der Waals surface area contributed by atoms with E-state index in [-0.39, 0.29) is 22.5 Å². The van der Waals surface area contributed by atoms with Crippen LogP contribution in [-0.2, 0) is 13.2 Å². The van der Waals surface area contributed by atoms with E-state index in [2.05, 4.69) is 21.1 Å². The van der Waals surface area contributed by atoms with E-state index in [0.29, 0.717) is 28.7 Å². The van der Waals surface area contributed by atoms with E-state index in [4.69, 9.17) is 25.6 Å². The first-order valence-corrected chi connectivity index (χ1v) is 10.8. The van der Waals surface area contributed by atoms with E-state index in [1.54, 1.807) is 12.1 Å². The van der Waals surface area contributed by atoms with Gasteiger partial charge < -0.3 is 19.1 Å². The lowest BCUT2D eigenvalue weighted by Gasteiger charge is -2.15. The Balaban J connectivity index is 1.69. The monoisotopic (exact) mass is 513 g/mol. The van der Waals surface area contributed by atoms with E-state index in [0.717, 1.165) is 11.1 Å². The van der Waals surface area contributed by atoms with Gasteiger partial charge in [-0.15, -0.1) is 0 Å². The molecule has 8 heteroatoms. The van der Waals surface area contributed by atoms with Gasteiger partial charge in [-0.1, -0.05) is 77.4 Å². The SMILES string of the molecule is O=C(O)c1noc(-c2cc(Cl)c(OCc3ccccc3)cc2OCc2ccccc2)c1Br. The van der Waals surface area contributed by atoms with E-state index >= 15 is 0 Å². The highest BCUT2D eigenvalue weighted by molar-refractivity contribution is 9.10. The summed E-state index contributed by atoms with van der Waals surface area (Å²) in [6, 6.07) is 22.6. The molecule has 32 heavy (non-hydrogen) atoms. The molecule has 0 radical (unpaired) electrons. The topological polar surface area (TPSA) is 81.8 Å². The lowest BCUT2D eigenvalue weighted by atomic mass is 10.1. The van der Waals surface area contributed by atoms with Gasteiger partial charge in [0.1, 0.15) is 29.2 Å². The number of carbonyl (C=O) groups is 1. The van der Waals surface area contributed by atoms with E-state index in [1.165, 1.54) is 0 Å². The summed E-state index contributed by atoms with van der Waals surface area (Å²) in [6.07, 6.45) is 0. The molecular weight excluding hydrogens is 498 g/mol. The lowest BCUT2D eigenvalue weighted by Crippen LogP contribution is -2.00. The zero-order valence-corrected chi connectivity index (χ0v) is 19.0. The number of aromatic carboxylic acids is 1. The number of carboxylic acid groups (broad SMARTS) is 1. The number of carboxylic acids is 1. The highest BCUT2D eigenvalue weighted by Crippen LogP contribution is 2.42. The van der Waals surface area contributed by atoms with Crippen LogP contribution in [0.25, 0.3) is 11.3 Å². The van der Waals surface area contributed by atoms with Crippen molar-refractivity contribution in [1.82, 2.24) is 5.16 Å². The van der Waals surface area contributed by atoms with Crippen LogP contribution in [0.15, 0.2) is 81.8 Å². The minimum absolute atomic E-state index is 0.196. The molecule has 1 aromatic heterocycles. The van der Waals surface area contributed by atoms with Crippen LogP contribution in [0.5, 0.6) is 11.5 Å². The Kier molecular flexibility index (Phi) is 6.78. The zero-order valence-electron chi connectivity index (χ0n) is 16.6. The summed E-state index contributed by atoms with van der Waals surface area (Å²) < 4.78 is 17.5. The first-order chi connectivity index (χ1) is 15.5. The fraction of sp³-hybridized carbons (Fsp3) is 0.0833. The minimum atomic E-state index is -1.22. The van der Waals surface area contributed by atoms with Crippen molar-refractivity contribution in [2.45, 2.75) is 13.2 Å². The average molecular weight is 515 g/mol. The van der Waals surface area contributed by atoms with E-state index in [9.17, 15) is 9.90 Å². The maximum absolute atomic E-state index is 11.4. The third-order valence-electron chi connectivity index (χ3n) is 4.59. The molecule has 0 aliphatic carbocycles. The van der Waals surface area contributed by atoms with Gasteiger partial charge in [-0.25, -0.2) is 4.79 Å². The Hall–Kier alpha value is -3.29. The van der Waals surface area contributed by atoms with Gasteiger partial charge >= 0.3 is 5.97 Å². The zero-order chi connectivity index (χ0) is 22.5. The van der Waals surface area contributed by atoms with Gasteiger partial charge in [0.05, 0.1) is 10.6 Å². The Morgan fingerprint density at radius 3 is 2.03 bits per heavy atom. The molecular formula is C24H17BrClNO5. The fourth-order valence-electron chi connectivity index (χ4n) is 2.99. The van der Waals surface area contributed by atoms with Crippen molar-refractivity contribution < 1.29 is 23.9 Å². The molecule has 0 spiro atoms. The number of nitrogens with zero attached hydrogens (tertiary/aromatic N) is 1. The number of benzene rings is 3. The molecule has 0 amide bonds. The number of aromatic nitrogens is 1. The van der Waals surface area contributed by atoms with Crippen LogP contribution >= 0.6 is 27.5 Å². The Morgan fingerprint density at radius 2 is 1.50 bits per heavy atom. The molecule has 162 valence electrons. The first-order valence-electron chi connectivity index (χ1n) is 9.58. The smallest absolute Gasteiger partial charge is 0.359 e. The molecule has 0 fully saturated rings. The first kappa shape index (κ1) is 21.9. The summed E-state index contributed by atoms with van der Waals surface area (Å²) in [5.74, 6) is -0.180. The summed E-state index contributed by atoms with van der Waals surface area (Å²) in [5.41, 5.74) is 2.16. The molecule has 0 aliphatic heterocycles. The van der Waals surface area contributed by atoms with Crippen molar-refractivity contribution in [2.75, 3.05) is 0 Å². The predicted octanol–water partition coefficient (Wildman–Crippen LogP) is 6.61. The Morgan fingerprint density at radius 1 is 0.938 bits per heavy atom. The molecule has 0 saturated carbocycles. The maximum Gasteiger partial charge on any atom is 0.359 e. The van der Waals surface area contributed by atoms with E-state index < -0.39 is 5.97 Å². The highest BCUT2D eigenvalue weighted by Gasteiger charge is 2.24. The van der Waals surface area contributed by atoms with Gasteiger partial charge in [0.25, 0.3) is 0 Å². The molecule has 1 heterocycles. The maximum atomic E-state index is 11.4. The molecule has 1 N–H and O–H groups in total. The summed E-state index contributed by atoms with van der Waals surface area (Å²) >= 11 is 9.74. The number of rotatable bonds is 8. The van der Waals surface area contributed by atoms with Crippen LogP contribution < -0.4 is 9.47 Å². The summed E-state index contributed by atoms with van der Waals surface area (Å²) in [6.45, 7) is 0.609. The third-order valence-corrected chi connectivity index (χ3v) is 5.62. The predicted molar refractivity (Wildman–Crippen MR) is 123 cm³/mol. The van der Waals surface area contributed by atoms with Crippen molar-refractivity contribution in [3.05, 3.63) is 99.1 Å². The van der Waals surface area contributed by atoms with Gasteiger partial charge in [0.15, 0.2) is 5.76 Å². The summed E-state index contributed by atoms with van der Waals surface area (Å²) in [4.78, 5) is 11.4. The van der Waals surface area contributed by atoms with Crippen LogP contribution in [0.4, 0.5) is 0 Å². The second-order valence-corrected chi connectivity index (χ2v) is 8.01. The molecule has 0 aliphatic rings. The second-order valence-electron chi connectivity index (χ2n) is 6.81. The number of hydrogen-bond donors (Lipinski definition) is 1. The van der Waals surface area contributed by atoms with Crippen molar-refractivity contribution in [3.8, 4) is 22.8 Å². The fourth-order valence-corrected chi connectivity index (χ4v) is 3.74. The van der Waals surface area contributed by atoms with Crippen LogP contribution in [0.2, 0.25) is 5.02 Å². The molecule has 0 atom stereocenters. The van der Waals surface area contributed by atoms with Crippen LogP contribution in [0, 0.1) is 0 Å². The minimum Gasteiger partial charge on any atom is -0.488 e. The molecule has 3 aromatic carbocycles. The average Bonchev–Trinajstić information content (AvgIpc) is 3.20. The highest BCUT2D eigenvalue weighted by atomic mass is 79.9. The summed E-state index contributed by atoms with van der Waals surface area (Å²) in [7, 11) is 0. The van der Waals surface area contributed by atoms with E-state index in [1.807, 2.05) is 60.7 Å². The molecule has 0 saturated heterocycles. The molecule has 4 rings (SSSR count). The molecule has 4 aromatic rings. The van der Waals surface area contributed by atoms with Crippen LogP contribution in [0.3, 0.4) is 0 Å². The number of halogens is 2. The number of ether oxygens (including phenoxy) is 2. The molecule has 0 bridgehead atoms. The molecule has 6 nitrogen and oxygen atoms in total. The van der Waals surface area contributed by atoms with Crippen LogP contribution in [0.1, 0.15) is 21.6 Å². The third kappa shape index (κ3) is 4.95. The number of hydrogen-bond acceptors (Lipinski definition) is 5. The van der Waals surface area contributed by atoms with Gasteiger partial charge in [0, 0.05) is 6.07 Å². The standard InChI is InChI=1S/C24H17BrClNO5/c25-21-22(24(28)29)27-32-23(21)17-11-18(26)20(31-14-16-9-5-2-6-10-16)12-19(17)30-13-15-7-3-1-4-8-15/h1-12H,13-14H2,(H,28,29). The Labute approximate surface area is 197 Å². The lowest BCUT2D eigenvalue weighted by molar-refractivity contribution is 0.0685. The normalized spacial score (nSPS) is 10.7. The Bertz CT molecular complexity index is 1230. The second kappa shape index (κ2) is 9.89. The van der Waals surface area contributed by atoms with Crippen molar-refractivity contribution >= 4 is 33.5 Å². The van der Waals surface area contributed by atoms with Crippen molar-refractivity contribution in [2.24, 2.45) is 0 Å². The quantitative estimate of drug-likeness (QED) is 0.285. The largest absolute Gasteiger partial charge is 0.488 e. The van der Waals surface area contributed by atoms with Crippen molar-refractivity contribution in [3.63, 3.8) is 0 Å². The molecule has 0 unspecified atom stereocenters. The van der Waals surface area contributed by atoms with Gasteiger partial charge in [-0.3, -0.25) is 0 Å².